The van der Waals surface area contributed by atoms with Crippen LogP contribution in [0.2, 0.25) is 0 Å². The van der Waals surface area contributed by atoms with Gasteiger partial charge in [0.2, 0.25) is 0 Å². The van der Waals surface area contributed by atoms with Gasteiger partial charge in [-0.25, -0.2) is 9.37 Å². The molecule has 200 valence electrons. The Morgan fingerprint density at radius 1 is 0.805 bits per heavy atom. The molecule has 0 saturated carbocycles. The van der Waals surface area contributed by atoms with Crippen LogP contribution in [-0.4, -0.2) is 37.2 Å². The van der Waals surface area contributed by atoms with E-state index >= 15 is 0 Å². The number of hydrogen-bond donors (Lipinski definition) is 2. The first kappa shape index (κ1) is 24.5. The fraction of sp³-hybridized carbons (Fsp3) is 0.0625. The van der Waals surface area contributed by atoms with Crippen molar-refractivity contribution in [2.75, 3.05) is 7.11 Å². The van der Waals surface area contributed by atoms with Gasteiger partial charge in [0, 0.05) is 57.6 Å². The van der Waals surface area contributed by atoms with E-state index in [1.807, 2.05) is 54.6 Å². The van der Waals surface area contributed by atoms with E-state index in [2.05, 4.69) is 30.1 Å². The van der Waals surface area contributed by atoms with Crippen LogP contribution in [0.4, 0.5) is 4.39 Å². The maximum absolute atomic E-state index is 14.3. The molecule has 7 rings (SSSR count). The normalized spacial score (nSPS) is 11.3. The monoisotopic (exact) mass is 542 g/mol. The van der Waals surface area contributed by atoms with Gasteiger partial charge in [-0.15, -0.1) is 0 Å². The SMILES string of the molecule is COc1cc(F)cc(-c2nccc3[nH]c(-c4[nH]nc5ncc(-c6cncc(OCc7ccccc7)c6)cc45)cc23)c1. The molecule has 7 aromatic rings. The third-order valence-electron chi connectivity index (χ3n) is 6.90. The molecule has 0 spiro atoms. The molecule has 0 amide bonds. The van der Waals surface area contributed by atoms with Gasteiger partial charge in [0.25, 0.3) is 0 Å². The minimum atomic E-state index is -0.392. The van der Waals surface area contributed by atoms with Crippen molar-refractivity contribution in [2.45, 2.75) is 6.61 Å². The van der Waals surface area contributed by atoms with Gasteiger partial charge in [0.1, 0.15) is 23.9 Å². The van der Waals surface area contributed by atoms with Gasteiger partial charge < -0.3 is 14.5 Å². The molecular formula is C32H23FN6O2. The van der Waals surface area contributed by atoms with Gasteiger partial charge in [-0.2, -0.15) is 5.10 Å². The largest absolute Gasteiger partial charge is 0.497 e. The highest BCUT2D eigenvalue weighted by Gasteiger charge is 2.16. The van der Waals surface area contributed by atoms with Crippen molar-refractivity contribution < 1.29 is 13.9 Å². The van der Waals surface area contributed by atoms with Crippen molar-refractivity contribution >= 4 is 21.9 Å². The highest BCUT2D eigenvalue weighted by molar-refractivity contribution is 6.00. The number of pyridine rings is 3. The van der Waals surface area contributed by atoms with Crippen LogP contribution in [0.3, 0.4) is 0 Å². The third kappa shape index (κ3) is 4.74. The lowest BCUT2D eigenvalue weighted by atomic mass is 10.1. The van der Waals surface area contributed by atoms with Crippen molar-refractivity contribution in [1.82, 2.24) is 30.1 Å². The van der Waals surface area contributed by atoms with Crippen molar-refractivity contribution in [3.05, 3.63) is 109 Å². The van der Waals surface area contributed by atoms with Gasteiger partial charge >= 0.3 is 0 Å². The first-order chi connectivity index (χ1) is 20.1. The second-order valence-electron chi connectivity index (χ2n) is 9.56. The van der Waals surface area contributed by atoms with E-state index < -0.39 is 5.82 Å². The topological polar surface area (TPSA) is 102 Å². The van der Waals surface area contributed by atoms with Gasteiger partial charge in [-0.05, 0) is 42.0 Å². The summed E-state index contributed by atoms with van der Waals surface area (Å²) < 4.78 is 25.5. The first-order valence-corrected chi connectivity index (χ1v) is 12.9. The Morgan fingerprint density at radius 3 is 2.54 bits per heavy atom. The lowest BCUT2D eigenvalue weighted by molar-refractivity contribution is 0.305. The number of rotatable bonds is 7. The number of nitrogens with one attached hydrogen (secondary N) is 2. The molecular weight excluding hydrogens is 519 g/mol. The van der Waals surface area contributed by atoms with Crippen LogP contribution < -0.4 is 9.47 Å². The van der Waals surface area contributed by atoms with E-state index in [9.17, 15) is 4.39 Å². The molecule has 0 fully saturated rings. The van der Waals surface area contributed by atoms with E-state index in [1.54, 1.807) is 30.9 Å². The van der Waals surface area contributed by atoms with Crippen molar-refractivity contribution in [2.24, 2.45) is 0 Å². The molecule has 8 nitrogen and oxygen atoms in total. The molecule has 2 aromatic carbocycles. The van der Waals surface area contributed by atoms with Crippen LogP contribution in [0.5, 0.6) is 11.5 Å². The Hall–Kier alpha value is -5.57. The molecule has 0 aliphatic heterocycles. The first-order valence-electron chi connectivity index (χ1n) is 12.9. The summed E-state index contributed by atoms with van der Waals surface area (Å²) in [5, 5.41) is 9.22. The smallest absolute Gasteiger partial charge is 0.181 e. The van der Waals surface area contributed by atoms with Gasteiger partial charge in [0.05, 0.1) is 30.4 Å². The van der Waals surface area contributed by atoms with Gasteiger partial charge in [-0.1, -0.05) is 30.3 Å². The van der Waals surface area contributed by atoms with Crippen LogP contribution in [0.1, 0.15) is 5.56 Å². The average molecular weight is 543 g/mol. The van der Waals surface area contributed by atoms with Crippen molar-refractivity contribution in [3.8, 4) is 45.3 Å². The second-order valence-corrected chi connectivity index (χ2v) is 9.56. The fourth-order valence-corrected chi connectivity index (χ4v) is 4.90. The van der Waals surface area contributed by atoms with Crippen LogP contribution in [0.25, 0.3) is 55.7 Å². The Labute approximate surface area is 233 Å². The summed E-state index contributed by atoms with van der Waals surface area (Å²) in [5.41, 5.74) is 7.12. The maximum Gasteiger partial charge on any atom is 0.181 e. The molecule has 0 aliphatic rings. The quantitative estimate of drug-likeness (QED) is 0.226. The van der Waals surface area contributed by atoms with E-state index in [1.165, 1.54) is 19.2 Å². The molecule has 5 heterocycles. The Morgan fingerprint density at radius 2 is 1.66 bits per heavy atom. The number of ether oxygens (including phenoxy) is 2. The fourth-order valence-electron chi connectivity index (χ4n) is 4.90. The van der Waals surface area contributed by atoms with E-state index in [4.69, 9.17) is 9.47 Å². The number of halogens is 1. The summed E-state index contributed by atoms with van der Waals surface area (Å²) in [6, 6.07) is 22.4. The summed E-state index contributed by atoms with van der Waals surface area (Å²) in [6.45, 7) is 0.453. The zero-order valence-electron chi connectivity index (χ0n) is 21.9. The Kier molecular flexibility index (Phi) is 6.09. The molecule has 0 saturated heterocycles. The molecule has 0 radical (unpaired) electrons. The number of benzene rings is 2. The van der Waals surface area contributed by atoms with Crippen LogP contribution in [0.15, 0.2) is 97.6 Å². The molecule has 9 heteroatoms. The molecule has 0 unspecified atom stereocenters. The number of aromatic nitrogens is 6. The summed E-state index contributed by atoms with van der Waals surface area (Å²) in [4.78, 5) is 17.0. The lowest BCUT2D eigenvalue weighted by Crippen LogP contribution is -1.96. The maximum atomic E-state index is 14.3. The molecule has 5 aromatic heterocycles. The van der Waals surface area contributed by atoms with Crippen LogP contribution in [0, 0.1) is 5.82 Å². The van der Waals surface area contributed by atoms with Crippen molar-refractivity contribution in [3.63, 3.8) is 0 Å². The lowest BCUT2D eigenvalue weighted by Gasteiger charge is -2.08. The van der Waals surface area contributed by atoms with Crippen molar-refractivity contribution in [1.29, 1.82) is 0 Å². The summed E-state index contributed by atoms with van der Waals surface area (Å²) in [6.07, 6.45) is 6.95. The predicted molar refractivity (Wildman–Crippen MR) is 155 cm³/mol. The number of methoxy groups -OCH3 is 1. The highest BCUT2D eigenvalue weighted by atomic mass is 19.1. The zero-order valence-corrected chi connectivity index (χ0v) is 21.9. The summed E-state index contributed by atoms with van der Waals surface area (Å²) in [5.74, 6) is 0.705. The average Bonchev–Trinajstić information content (AvgIpc) is 3.64. The van der Waals surface area contributed by atoms with Crippen LogP contribution in [-0.2, 0) is 6.61 Å². The Bertz CT molecular complexity index is 2020. The number of H-pyrrole nitrogens is 2. The van der Waals surface area contributed by atoms with E-state index in [0.29, 0.717) is 35.0 Å². The highest BCUT2D eigenvalue weighted by Crippen LogP contribution is 2.35. The van der Waals surface area contributed by atoms with Gasteiger partial charge in [0.15, 0.2) is 5.65 Å². The van der Waals surface area contributed by atoms with E-state index in [0.717, 1.165) is 44.4 Å². The second kappa shape index (κ2) is 10.2. The number of fused-ring (bicyclic) bond motifs is 2. The summed E-state index contributed by atoms with van der Waals surface area (Å²) in [7, 11) is 1.51. The standard InChI is InChI=1S/C32H23FN6O2/c1-40-24-10-20(9-23(33)13-24)30-26-14-29(37-28(26)7-8-35-30)31-27-12-22(16-36-32(27)39-38-31)21-11-25(17-34-15-21)41-18-19-5-3-2-4-6-19/h2-17,37H,18H2,1H3,(H,36,38,39). The summed E-state index contributed by atoms with van der Waals surface area (Å²) >= 11 is 0. The minimum Gasteiger partial charge on any atom is -0.497 e. The van der Waals surface area contributed by atoms with Crippen LogP contribution >= 0.6 is 0 Å². The number of nitrogens with zero attached hydrogens (tertiary/aromatic N) is 4. The minimum absolute atomic E-state index is 0.392. The zero-order chi connectivity index (χ0) is 27.8. The predicted octanol–water partition coefficient (Wildman–Crippen LogP) is 6.96. The molecule has 2 N–H and O–H groups in total. The Balaban J connectivity index is 1.24. The van der Waals surface area contributed by atoms with Gasteiger partial charge in [-0.3, -0.25) is 15.1 Å². The third-order valence-corrected chi connectivity index (χ3v) is 6.90. The molecule has 0 atom stereocenters. The molecule has 41 heavy (non-hydrogen) atoms. The molecule has 0 aliphatic carbocycles. The van der Waals surface area contributed by atoms with E-state index in [-0.39, 0.29) is 0 Å². The molecule has 0 bridgehead atoms. The number of aromatic amines is 2. The number of hydrogen-bond acceptors (Lipinski definition) is 6.